The number of benzene rings is 1. The highest BCUT2D eigenvalue weighted by atomic mass is 32.2. The highest BCUT2D eigenvalue weighted by Gasteiger charge is 2.19. The summed E-state index contributed by atoms with van der Waals surface area (Å²) in [6.45, 7) is 6.50. The number of ether oxygens (including phenoxy) is 2. The lowest BCUT2D eigenvalue weighted by Gasteiger charge is -2.33. The fourth-order valence-electron chi connectivity index (χ4n) is 3.88. The minimum Gasteiger partial charge on any atom is -0.493 e. The molecule has 1 aliphatic rings. The predicted molar refractivity (Wildman–Crippen MR) is 124 cm³/mol. The molecule has 1 aromatic heterocycles. The number of piperidine rings is 1. The minimum atomic E-state index is -1.37. The molecule has 0 aliphatic carbocycles. The molecular formula is C23H33N3O5S. The van der Waals surface area contributed by atoms with Crippen molar-refractivity contribution in [1.29, 1.82) is 0 Å². The van der Waals surface area contributed by atoms with Gasteiger partial charge in [0.05, 0.1) is 25.7 Å². The van der Waals surface area contributed by atoms with E-state index >= 15 is 0 Å². The molecule has 176 valence electrons. The van der Waals surface area contributed by atoms with E-state index in [4.69, 9.17) is 13.9 Å². The van der Waals surface area contributed by atoms with E-state index in [0.717, 1.165) is 18.7 Å². The number of hydrogen-bond acceptors (Lipinski definition) is 7. The van der Waals surface area contributed by atoms with Crippen LogP contribution in [-0.2, 0) is 21.3 Å². The summed E-state index contributed by atoms with van der Waals surface area (Å²) in [5, 5.41) is 2.89. The molecule has 1 fully saturated rings. The van der Waals surface area contributed by atoms with Crippen molar-refractivity contribution in [2.24, 2.45) is 0 Å². The van der Waals surface area contributed by atoms with Crippen molar-refractivity contribution in [1.82, 2.24) is 15.2 Å². The Morgan fingerprint density at radius 1 is 1.28 bits per heavy atom. The highest BCUT2D eigenvalue weighted by molar-refractivity contribution is 7.84. The van der Waals surface area contributed by atoms with Crippen LogP contribution < -0.4 is 14.8 Å². The third-order valence-electron chi connectivity index (χ3n) is 5.77. The van der Waals surface area contributed by atoms with E-state index in [1.54, 1.807) is 33.3 Å². The van der Waals surface area contributed by atoms with Gasteiger partial charge in [0.1, 0.15) is 11.5 Å². The summed E-state index contributed by atoms with van der Waals surface area (Å²) >= 11 is 0. The molecule has 2 atom stereocenters. The average Bonchev–Trinajstić information content (AvgIpc) is 3.14. The normalized spacial score (nSPS) is 17.7. The van der Waals surface area contributed by atoms with Crippen molar-refractivity contribution in [3.63, 3.8) is 0 Å². The molecule has 9 heteroatoms. The Hall–Kier alpha value is -2.39. The van der Waals surface area contributed by atoms with Crippen molar-refractivity contribution in [2.45, 2.75) is 44.9 Å². The lowest BCUT2D eigenvalue weighted by molar-refractivity contribution is -0.118. The molecule has 0 saturated carbocycles. The second kappa shape index (κ2) is 11.5. The Bertz CT molecular complexity index is 946. The topological polar surface area (TPSA) is 93.9 Å². The minimum absolute atomic E-state index is 0.0481. The predicted octanol–water partition coefficient (Wildman–Crippen LogP) is 2.91. The van der Waals surface area contributed by atoms with E-state index < -0.39 is 10.8 Å². The standard InChI is InChI=1S/C23H33N3O5S/c1-16-7-5-6-11-26(16)12-10-24-22(27)15-32(28)14-19-17(2)31-23(25-19)18-8-9-20(29-3)21(13-18)30-4/h8-9,13,16H,5-7,10-12,14-15H2,1-4H3,(H,24,27)/t16-,32+/m1/s1. The molecule has 8 nitrogen and oxygen atoms in total. The third kappa shape index (κ3) is 6.32. The molecule has 1 saturated heterocycles. The maximum absolute atomic E-state index is 12.5. The zero-order valence-corrected chi connectivity index (χ0v) is 20.1. The van der Waals surface area contributed by atoms with Gasteiger partial charge in [-0.3, -0.25) is 13.9 Å². The Kier molecular flexibility index (Phi) is 8.69. The zero-order chi connectivity index (χ0) is 23.1. The number of likely N-dealkylation sites (tertiary alicyclic amines) is 1. The van der Waals surface area contributed by atoms with Crippen LogP contribution >= 0.6 is 0 Å². The molecule has 0 radical (unpaired) electrons. The smallest absolute Gasteiger partial charge is 0.232 e. The zero-order valence-electron chi connectivity index (χ0n) is 19.3. The van der Waals surface area contributed by atoms with Crippen LogP contribution in [0.5, 0.6) is 11.5 Å². The van der Waals surface area contributed by atoms with Crippen LogP contribution in [0.3, 0.4) is 0 Å². The van der Waals surface area contributed by atoms with Gasteiger partial charge in [0.15, 0.2) is 11.5 Å². The maximum atomic E-state index is 12.5. The van der Waals surface area contributed by atoms with Gasteiger partial charge in [0.2, 0.25) is 11.8 Å². The van der Waals surface area contributed by atoms with Crippen LogP contribution in [0.2, 0.25) is 0 Å². The molecule has 1 N–H and O–H groups in total. The van der Waals surface area contributed by atoms with Gasteiger partial charge in [-0.1, -0.05) is 6.42 Å². The van der Waals surface area contributed by atoms with Gasteiger partial charge in [-0.2, -0.15) is 0 Å². The number of methoxy groups -OCH3 is 2. The molecule has 32 heavy (non-hydrogen) atoms. The summed E-state index contributed by atoms with van der Waals surface area (Å²) in [5.41, 5.74) is 1.32. The molecule has 3 rings (SSSR count). The Morgan fingerprint density at radius 3 is 2.78 bits per heavy atom. The van der Waals surface area contributed by atoms with Crippen molar-refractivity contribution < 1.29 is 22.9 Å². The van der Waals surface area contributed by atoms with Gasteiger partial charge in [-0.05, 0) is 51.4 Å². The van der Waals surface area contributed by atoms with Crippen molar-refractivity contribution in [2.75, 3.05) is 39.6 Å². The van der Waals surface area contributed by atoms with Crippen LogP contribution in [0.4, 0.5) is 0 Å². The first-order valence-electron chi connectivity index (χ1n) is 11.0. The summed E-state index contributed by atoms with van der Waals surface area (Å²) in [5.74, 6) is 2.10. The quantitative estimate of drug-likeness (QED) is 0.579. The Morgan fingerprint density at radius 2 is 2.06 bits per heavy atom. The van der Waals surface area contributed by atoms with Crippen molar-refractivity contribution in [3.8, 4) is 23.0 Å². The first-order valence-corrected chi connectivity index (χ1v) is 12.4. The summed E-state index contributed by atoms with van der Waals surface area (Å²) < 4.78 is 28.9. The lowest BCUT2D eigenvalue weighted by Crippen LogP contribution is -2.43. The SMILES string of the molecule is COc1ccc(-c2nc(C[S@](=O)CC(=O)NCCN3CCCC[C@H]3C)c(C)o2)cc1OC. The van der Waals surface area contributed by atoms with Crippen molar-refractivity contribution in [3.05, 3.63) is 29.7 Å². The maximum Gasteiger partial charge on any atom is 0.232 e. The largest absolute Gasteiger partial charge is 0.493 e. The van der Waals surface area contributed by atoms with Gasteiger partial charge in [0, 0.05) is 35.5 Å². The van der Waals surface area contributed by atoms with Crippen LogP contribution in [0.25, 0.3) is 11.5 Å². The summed E-state index contributed by atoms with van der Waals surface area (Å²) in [7, 11) is 1.77. The average molecular weight is 464 g/mol. The number of hydrogen-bond donors (Lipinski definition) is 1. The number of rotatable bonds is 10. The number of aromatic nitrogens is 1. The second-order valence-electron chi connectivity index (χ2n) is 8.05. The summed E-state index contributed by atoms with van der Waals surface area (Å²) in [6, 6.07) is 5.94. The number of amides is 1. The molecule has 0 unspecified atom stereocenters. The van der Waals surface area contributed by atoms with Crippen molar-refractivity contribution >= 4 is 16.7 Å². The highest BCUT2D eigenvalue weighted by Crippen LogP contribution is 2.32. The lowest BCUT2D eigenvalue weighted by atomic mass is 10.0. The van der Waals surface area contributed by atoms with E-state index in [0.29, 0.717) is 41.4 Å². The van der Waals surface area contributed by atoms with E-state index in [2.05, 4.69) is 22.1 Å². The first kappa shape index (κ1) is 24.3. The molecule has 1 amide bonds. The molecule has 0 bridgehead atoms. The van der Waals surface area contributed by atoms with Crippen LogP contribution in [0.15, 0.2) is 22.6 Å². The molecule has 2 aromatic rings. The Labute approximate surface area is 192 Å². The fourth-order valence-corrected chi connectivity index (χ4v) is 4.95. The number of carbonyl (C=O) groups excluding carboxylic acids is 1. The second-order valence-corrected chi connectivity index (χ2v) is 9.51. The third-order valence-corrected chi connectivity index (χ3v) is 6.95. The number of nitrogens with one attached hydrogen (secondary N) is 1. The van der Waals surface area contributed by atoms with Crippen LogP contribution in [0, 0.1) is 6.92 Å². The fraction of sp³-hybridized carbons (Fsp3) is 0.565. The van der Waals surface area contributed by atoms with Crippen LogP contribution in [-0.4, -0.2) is 65.6 Å². The molecule has 0 spiro atoms. The van der Waals surface area contributed by atoms with Gasteiger partial charge in [-0.15, -0.1) is 0 Å². The van der Waals surface area contributed by atoms with Gasteiger partial charge in [0.25, 0.3) is 0 Å². The van der Waals surface area contributed by atoms with E-state index in [1.807, 2.05) is 6.07 Å². The summed E-state index contributed by atoms with van der Waals surface area (Å²) in [4.78, 5) is 19.1. The molecular weight excluding hydrogens is 430 g/mol. The van der Waals surface area contributed by atoms with E-state index in [9.17, 15) is 9.00 Å². The number of nitrogens with zero attached hydrogens (tertiary/aromatic N) is 2. The van der Waals surface area contributed by atoms with Gasteiger partial charge < -0.3 is 19.2 Å². The Balaban J connectivity index is 1.52. The summed E-state index contributed by atoms with van der Waals surface area (Å²) in [6.07, 6.45) is 3.70. The monoisotopic (exact) mass is 463 g/mol. The number of aryl methyl sites for hydroxylation is 1. The first-order chi connectivity index (χ1) is 15.4. The van der Waals surface area contributed by atoms with E-state index in [1.165, 1.54) is 19.3 Å². The van der Waals surface area contributed by atoms with Gasteiger partial charge in [-0.25, -0.2) is 4.98 Å². The van der Waals surface area contributed by atoms with Gasteiger partial charge >= 0.3 is 0 Å². The van der Waals surface area contributed by atoms with E-state index in [-0.39, 0.29) is 17.4 Å². The molecule has 1 aromatic carbocycles. The number of oxazole rings is 1. The van der Waals surface area contributed by atoms with Crippen LogP contribution in [0.1, 0.15) is 37.6 Å². The molecule has 1 aliphatic heterocycles. The molecule has 2 heterocycles. The number of carbonyl (C=O) groups is 1.